The Bertz CT molecular complexity index is 678. The van der Waals surface area contributed by atoms with Gasteiger partial charge in [-0.3, -0.25) is 0 Å². The molecule has 1 N–H and O–H groups in total. The van der Waals surface area contributed by atoms with Crippen molar-refractivity contribution in [2.24, 2.45) is 0 Å². The summed E-state index contributed by atoms with van der Waals surface area (Å²) in [5.74, 6) is -0.283. The van der Waals surface area contributed by atoms with Gasteiger partial charge in [-0.2, -0.15) is 5.10 Å². The van der Waals surface area contributed by atoms with Crippen molar-refractivity contribution in [2.45, 2.75) is 6.54 Å². The largest absolute Gasteiger partial charge is 0.377 e. The van der Waals surface area contributed by atoms with Gasteiger partial charge in [0, 0.05) is 18.9 Å². The average molecular weight is 267 g/mol. The number of benzene rings is 2. The lowest BCUT2D eigenvalue weighted by molar-refractivity contribution is 0.628. The van der Waals surface area contributed by atoms with E-state index >= 15 is 0 Å². The summed E-state index contributed by atoms with van der Waals surface area (Å²) in [5.41, 5.74) is 2.26. The number of hydrogen-bond acceptors (Lipinski definition) is 2. The summed E-state index contributed by atoms with van der Waals surface area (Å²) in [6, 6.07) is 16.7. The Balaban J connectivity index is 1.89. The van der Waals surface area contributed by atoms with Crippen LogP contribution in [0.4, 0.5) is 10.1 Å². The van der Waals surface area contributed by atoms with Crippen LogP contribution in [0.2, 0.25) is 0 Å². The molecule has 0 atom stereocenters. The van der Waals surface area contributed by atoms with Gasteiger partial charge in [0.05, 0.1) is 11.4 Å². The van der Waals surface area contributed by atoms with Crippen LogP contribution in [0.15, 0.2) is 67.0 Å². The van der Waals surface area contributed by atoms with E-state index in [9.17, 15) is 4.39 Å². The first-order valence-electron chi connectivity index (χ1n) is 6.41. The van der Waals surface area contributed by atoms with Gasteiger partial charge < -0.3 is 5.32 Å². The molecule has 0 spiro atoms. The Morgan fingerprint density at radius 2 is 1.85 bits per heavy atom. The molecule has 2 aromatic carbocycles. The zero-order valence-corrected chi connectivity index (χ0v) is 10.8. The molecule has 0 aliphatic rings. The van der Waals surface area contributed by atoms with E-state index in [-0.39, 0.29) is 5.82 Å². The molecule has 0 unspecified atom stereocenters. The van der Waals surface area contributed by atoms with Crippen LogP contribution in [0.1, 0.15) is 5.56 Å². The summed E-state index contributed by atoms with van der Waals surface area (Å²) in [5, 5.41) is 7.30. The van der Waals surface area contributed by atoms with Crippen LogP contribution in [-0.2, 0) is 6.54 Å². The zero-order valence-electron chi connectivity index (χ0n) is 10.8. The first-order valence-corrected chi connectivity index (χ1v) is 6.41. The first kappa shape index (κ1) is 12.4. The van der Waals surface area contributed by atoms with E-state index in [0.717, 1.165) is 5.56 Å². The highest BCUT2D eigenvalue weighted by Crippen LogP contribution is 2.23. The fourth-order valence-electron chi connectivity index (χ4n) is 2.08. The van der Waals surface area contributed by atoms with Crippen molar-refractivity contribution in [1.29, 1.82) is 0 Å². The Morgan fingerprint density at radius 1 is 1.00 bits per heavy atom. The summed E-state index contributed by atoms with van der Waals surface area (Å²) in [4.78, 5) is 0. The minimum atomic E-state index is -0.283. The molecule has 0 fully saturated rings. The third kappa shape index (κ3) is 2.54. The zero-order chi connectivity index (χ0) is 13.8. The molecule has 0 aliphatic carbocycles. The van der Waals surface area contributed by atoms with Crippen LogP contribution >= 0.6 is 0 Å². The predicted octanol–water partition coefficient (Wildman–Crippen LogP) is 3.62. The minimum Gasteiger partial charge on any atom is -0.377 e. The van der Waals surface area contributed by atoms with E-state index in [2.05, 4.69) is 10.4 Å². The average Bonchev–Trinajstić information content (AvgIpc) is 3.01. The molecule has 0 amide bonds. The third-order valence-corrected chi connectivity index (χ3v) is 3.05. The standard InChI is InChI=1S/C16H14FN3/c17-14-8-4-9-15(20-11-5-10-19-20)16(14)18-12-13-6-2-1-3-7-13/h1-11,18H,12H2. The minimum absolute atomic E-state index is 0.283. The van der Waals surface area contributed by atoms with Crippen molar-refractivity contribution < 1.29 is 4.39 Å². The highest BCUT2D eigenvalue weighted by Gasteiger charge is 2.09. The number of aromatic nitrogens is 2. The van der Waals surface area contributed by atoms with Crippen molar-refractivity contribution >= 4 is 5.69 Å². The van der Waals surface area contributed by atoms with Crippen molar-refractivity contribution in [3.8, 4) is 5.69 Å². The molecule has 3 nitrogen and oxygen atoms in total. The molecule has 0 saturated carbocycles. The lowest BCUT2D eigenvalue weighted by Gasteiger charge is -2.13. The predicted molar refractivity (Wildman–Crippen MR) is 77.3 cm³/mol. The molecular weight excluding hydrogens is 253 g/mol. The van der Waals surface area contributed by atoms with Gasteiger partial charge in [-0.25, -0.2) is 9.07 Å². The summed E-state index contributed by atoms with van der Waals surface area (Å²) in [7, 11) is 0. The maximum absolute atomic E-state index is 14.0. The maximum atomic E-state index is 14.0. The highest BCUT2D eigenvalue weighted by molar-refractivity contribution is 5.61. The second kappa shape index (κ2) is 5.57. The van der Waals surface area contributed by atoms with Crippen LogP contribution < -0.4 is 5.32 Å². The van der Waals surface area contributed by atoms with Gasteiger partial charge >= 0.3 is 0 Å². The highest BCUT2D eigenvalue weighted by atomic mass is 19.1. The summed E-state index contributed by atoms with van der Waals surface area (Å²) in [6.45, 7) is 0.566. The normalized spacial score (nSPS) is 10.4. The van der Waals surface area contributed by atoms with E-state index < -0.39 is 0 Å². The number of hydrogen-bond donors (Lipinski definition) is 1. The van der Waals surface area contributed by atoms with Crippen molar-refractivity contribution in [1.82, 2.24) is 9.78 Å². The SMILES string of the molecule is Fc1cccc(-n2cccn2)c1NCc1ccccc1. The molecule has 3 rings (SSSR count). The Hall–Kier alpha value is -2.62. The number of nitrogens with zero attached hydrogens (tertiary/aromatic N) is 2. The monoisotopic (exact) mass is 267 g/mol. The first-order chi connectivity index (χ1) is 9.84. The Kier molecular flexibility index (Phi) is 3.46. The van der Waals surface area contributed by atoms with Crippen molar-refractivity contribution in [2.75, 3.05) is 5.32 Å². The van der Waals surface area contributed by atoms with Gasteiger partial charge in [0.2, 0.25) is 0 Å². The summed E-state index contributed by atoms with van der Waals surface area (Å²) >= 11 is 0. The quantitative estimate of drug-likeness (QED) is 0.782. The van der Waals surface area contributed by atoms with Crippen LogP contribution in [0.3, 0.4) is 0 Å². The van der Waals surface area contributed by atoms with Gasteiger partial charge in [0.25, 0.3) is 0 Å². The number of halogens is 1. The van der Waals surface area contributed by atoms with Gasteiger partial charge in [-0.05, 0) is 23.8 Å². The number of nitrogens with one attached hydrogen (secondary N) is 1. The van der Waals surface area contributed by atoms with Gasteiger partial charge in [-0.15, -0.1) is 0 Å². The molecule has 3 aromatic rings. The van der Waals surface area contributed by atoms with Crippen LogP contribution in [0.5, 0.6) is 0 Å². The van der Waals surface area contributed by atoms with Crippen LogP contribution in [0.25, 0.3) is 5.69 Å². The number of rotatable bonds is 4. The lowest BCUT2D eigenvalue weighted by atomic mass is 10.2. The number of anilines is 1. The second-order valence-electron chi connectivity index (χ2n) is 4.42. The van der Waals surface area contributed by atoms with Crippen LogP contribution in [-0.4, -0.2) is 9.78 Å². The Morgan fingerprint density at radius 3 is 2.60 bits per heavy atom. The molecule has 4 heteroatoms. The summed E-state index contributed by atoms with van der Waals surface area (Å²) < 4.78 is 15.7. The summed E-state index contributed by atoms with van der Waals surface area (Å²) in [6.07, 6.45) is 3.47. The Labute approximate surface area is 116 Å². The molecule has 1 heterocycles. The van der Waals surface area contributed by atoms with Gasteiger partial charge in [0.1, 0.15) is 5.82 Å². The molecule has 0 radical (unpaired) electrons. The molecule has 20 heavy (non-hydrogen) atoms. The third-order valence-electron chi connectivity index (χ3n) is 3.05. The van der Waals surface area contributed by atoms with Gasteiger partial charge in [0.15, 0.2) is 0 Å². The smallest absolute Gasteiger partial charge is 0.148 e. The molecule has 0 saturated heterocycles. The topological polar surface area (TPSA) is 29.9 Å². The lowest BCUT2D eigenvalue weighted by Crippen LogP contribution is -2.06. The van der Waals surface area contributed by atoms with E-state index in [1.165, 1.54) is 6.07 Å². The van der Waals surface area contributed by atoms with E-state index in [1.54, 1.807) is 23.1 Å². The fourth-order valence-corrected chi connectivity index (χ4v) is 2.08. The molecule has 0 bridgehead atoms. The van der Waals surface area contributed by atoms with Crippen molar-refractivity contribution in [3.63, 3.8) is 0 Å². The van der Waals surface area contributed by atoms with E-state index in [0.29, 0.717) is 17.9 Å². The second-order valence-corrected chi connectivity index (χ2v) is 4.42. The molecular formula is C16H14FN3. The maximum Gasteiger partial charge on any atom is 0.148 e. The van der Waals surface area contributed by atoms with E-state index in [1.807, 2.05) is 42.5 Å². The fraction of sp³-hybridized carbons (Fsp3) is 0.0625. The van der Waals surface area contributed by atoms with E-state index in [4.69, 9.17) is 0 Å². The van der Waals surface area contributed by atoms with Crippen molar-refractivity contribution in [3.05, 3.63) is 78.4 Å². The molecule has 100 valence electrons. The molecule has 1 aromatic heterocycles. The number of para-hydroxylation sites is 1. The van der Waals surface area contributed by atoms with Gasteiger partial charge in [-0.1, -0.05) is 36.4 Å². The molecule has 0 aliphatic heterocycles. The van der Waals surface area contributed by atoms with Crippen LogP contribution in [0, 0.1) is 5.82 Å².